The molecule has 1 heterocycles. The van der Waals surface area contributed by atoms with E-state index in [9.17, 15) is 4.39 Å². The van der Waals surface area contributed by atoms with Gasteiger partial charge in [-0.3, -0.25) is 4.84 Å². The van der Waals surface area contributed by atoms with Gasteiger partial charge in [0.05, 0.1) is 0 Å². The minimum Gasteiger partial charge on any atom is -0.273 e. The molecule has 10 heavy (non-hydrogen) atoms. The zero-order valence-electron chi connectivity index (χ0n) is 5.34. The molecule has 0 atom stereocenters. The van der Waals surface area contributed by atoms with Crippen LogP contribution in [0.1, 0.15) is 0 Å². The zero-order valence-corrected chi connectivity index (χ0v) is 6.93. The van der Waals surface area contributed by atoms with Crippen molar-refractivity contribution >= 4 is 15.9 Å². The van der Waals surface area contributed by atoms with E-state index >= 15 is 0 Å². The molecule has 0 saturated heterocycles. The quantitative estimate of drug-likeness (QED) is 0.493. The lowest BCUT2D eigenvalue weighted by molar-refractivity contribution is -0.894. The van der Waals surface area contributed by atoms with Crippen LogP contribution >= 0.6 is 15.9 Å². The van der Waals surface area contributed by atoms with Gasteiger partial charge in [-0.15, -0.1) is 0 Å². The van der Waals surface area contributed by atoms with Crippen LogP contribution in [0.25, 0.3) is 0 Å². The molecule has 0 N–H and O–H groups in total. The van der Waals surface area contributed by atoms with Crippen LogP contribution in [0.3, 0.4) is 0 Å². The smallest absolute Gasteiger partial charge is 0.273 e. The van der Waals surface area contributed by atoms with E-state index in [-0.39, 0.29) is 5.82 Å². The summed E-state index contributed by atoms with van der Waals surface area (Å²) < 4.78 is 14.4. The second kappa shape index (κ2) is 2.96. The molecule has 0 radical (unpaired) electrons. The maximum atomic E-state index is 12.4. The van der Waals surface area contributed by atoms with Gasteiger partial charge in [-0.05, 0) is 6.07 Å². The first-order chi connectivity index (χ1) is 4.74. The van der Waals surface area contributed by atoms with Crippen LogP contribution in [-0.4, -0.2) is 7.11 Å². The Balaban J connectivity index is 3.09. The highest BCUT2D eigenvalue weighted by atomic mass is 79.9. The monoisotopic (exact) mass is 206 g/mol. The lowest BCUT2D eigenvalue weighted by Crippen LogP contribution is -2.41. The van der Waals surface area contributed by atoms with Gasteiger partial charge in [-0.1, -0.05) is 0 Å². The van der Waals surface area contributed by atoms with Gasteiger partial charge >= 0.3 is 0 Å². The molecule has 0 aromatic carbocycles. The Morgan fingerprint density at radius 3 is 2.80 bits per heavy atom. The van der Waals surface area contributed by atoms with Crippen molar-refractivity contribution in [1.82, 2.24) is 0 Å². The first-order valence-electron chi connectivity index (χ1n) is 2.65. The summed E-state index contributed by atoms with van der Waals surface area (Å²) in [6.07, 6.45) is 1.24. The van der Waals surface area contributed by atoms with Crippen LogP contribution in [0, 0.1) is 5.82 Å². The van der Waals surface area contributed by atoms with Gasteiger partial charge in [0, 0.05) is 26.7 Å². The molecule has 0 saturated carbocycles. The molecule has 1 aromatic heterocycles. The summed E-state index contributed by atoms with van der Waals surface area (Å²) in [7, 11) is 1.46. The summed E-state index contributed by atoms with van der Waals surface area (Å²) in [5, 5.41) is 0. The van der Waals surface area contributed by atoms with Gasteiger partial charge in [-0.2, -0.15) is 0 Å². The predicted octanol–water partition coefficient (Wildman–Crippen LogP) is 0.934. The normalized spacial score (nSPS) is 9.50. The standard InChI is InChI=1S/C6H6BrFNO/c1-10-9-4-5(8)2-3-6(9)7/h2-4H,1H3/q+1. The molecule has 0 amide bonds. The molecular weight excluding hydrogens is 201 g/mol. The number of aromatic nitrogens is 1. The fourth-order valence-electron chi connectivity index (χ4n) is 0.578. The van der Waals surface area contributed by atoms with Gasteiger partial charge in [0.2, 0.25) is 0 Å². The van der Waals surface area contributed by atoms with E-state index in [1.54, 1.807) is 6.07 Å². The summed E-state index contributed by atoms with van der Waals surface area (Å²) in [5.41, 5.74) is 0. The van der Waals surface area contributed by atoms with E-state index in [0.717, 1.165) is 0 Å². The molecule has 0 aliphatic heterocycles. The number of halogens is 2. The number of hydrogen-bond acceptors (Lipinski definition) is 1. The van der Waals surface area contributed by atoms with E-state index in [1.807, 2.05) is 0 Å². The summed E-state index contributed by atoms with van der Waals surface area (Å²) >= 11 is 3.16. The van der Waals surface area contributed by atoms with Gasteiger partial charge in [0.25, 0.3) is 10.8 Å². The highest BCUT2D eigenvalue weighted by molar-refractivity contribution is 9.10. The lowest BCUT2D eigenvalue weighted by atomic mass is 10.5. The van der Waals surface area contributed by atoms with Crippen LogP contribution in [-0.2, 0) is 0 Å². The number of hydrogen-bond donors (Lipinski definition) is 0. The summed E-state index contributed by atoms with van der Waals surface area (Å²) in [6.45, 7) is 0. The minimum absolute atomic E-state index is 0.329. The van der Waals surface area contributed by atoms with Crippen molar-refractivity contribution in [3.63, 3.8) is 0 Å². The predicted molar refractivity (Wildman–Crippen MR) is 36.8 cm³/mol. The molecule has 0 aliphatic carbocycles. The maximum absolute atomic E-state index is 12.4. The van der Waals surface area contributed by atoms with E-state index in [2.05, 4.69) is 15.9 Å². The first-order valence-corrected chi connectivity index (χ1v) is 3.44. The van der Waals surface area contributed by atoms with Crippen LogP contribution < -0.4 is 9.57 Å². The molecular formula is C6H6BrFNO+. The van der Waals surface area contributed by atoms with Crippen molar-refractivity contribution in [3.05, 3.63) is 28.7 Å². The van der Waals surface area contributed by atoms with Gasteiger partial charge in [0.15, 0.2) is 5.82 Å². The highest BCUT2D eigenvalue weighted by Crippen LogP contribution is 2.01. The number of nitrogens with zero attached hydrogens (tertiary/aromatic N) is 1. The average Bonchev–Trinajstić information content (AvgIpc) is 1.94. The molecule has 1 aromatic rings. The lowest BCUT2D eigenvalue weighted by Gasteiger charge is -1.91. The SMILES string of the molecule is CO[n+]1cc(F)ccc1Br. The van der Waals surface area contributed by atoms with Crippen molar-refractivity contribution in [1.29, 1.82) is 0 Å². The molecule has 1 rings (SSSR count). The van der Waals surface area contributed by atoms with Crippen LogP contribution in [0.2, 0.25) is 0 Å². The van der Waals surface area contributed by atoms with Crippen molar-refractivity contribution < 1.29 is 14.0 Å². The Bertz CT molecular complexity index is 241. The molecule has 0 fully saturated rings. The Kier molecular flexibility index (Phi) is 2.21. The Labute approximate surface area is 66.3 Å². The van der Waals surface area contributed by atoms with E-state index in [4.69, 9.17) is 4.84 Å². The summed E-state index contributed by atoms with van der Waals surface area (Å²) in [5.74, 6) is -0.329. The Hall–Kier alpha value is -0.640. The molecule has 54 valence electrons. The van der Waals surface area contributed by atoms with Gasteiger partial charge in [-0.25, -0.2) is 4.39 Å². The fourth-order valence-corrected chi connectivity index (χ4v) is 0.958. The molecule has 0 unspecified atom stereocenters. The Morgan fingerprint density at radius 1 is 1.60 bits per heavy atom. The van der Waals surface area contributed by atoms with E-state index in [1.165, 1.54) is 24.1 Å². The third kappa shape index (κ3) is 1.44. The first kappa shape index (κ1) is 7.47. The second-order valence-electron chi connectivity index (χ2n) is 1.68. The summed E-state index contributed by atoms with van der Waals surface area (Å²) in [6, 6.07) is 2.92. The van der Waals surface area contributed by atoms with Crippen molar-refractivity contribution in [2.24, 2.45) is 0 Å². The fraction of sp³-hybridized carbons (Fsp3) is 0.167. The summed E-state index contributed by atoms with van der Waals surface area (Å²) in [4.78, 5) is 4.76. The third-order valence-corrected chi connectivity index (χ3v) is 1.64. The molecule has 2 nitrogen and oxygen atoms in total. The van der Waals surface area contributed by atoms with E-state index in [0.29, 0.717) is 4.60 Å². The molecule has 0 bridgehead atoms. The minimum atomic E-state index is -0.329. The maximum Gasteiger partial charge on any atom is 0.298 e. The van der Waals surface area contributed by atoms with Crippen LogP contribution in [0.15, 0.2) is 22.9 Å². The third-order valence-electron chi connectivity index (χ3n) is 1.03. The topological polar surface area (TPSA) is 13.1 Å². The molecule has 4 heteroatoms. The van der Waals surface area contributed by atoms with Gasteiger partial charge in [0.1, 0.15) is 7.11 Å². The van der Waals surface area contributed by atoms with Gasteiger partial charge < -0.3 is 0 Å². The zero-order chi connectivity index (χ0) is 7.56. The second-order valence-corrected chi connectivity index (χ2v) is 2.49. The number of rotatable bonds is 1. The average molecular weight is 207 g/mol. The van der Waals surface area contributed by atoms with Crippen LogP contribution in [0.5, 0.6) is 0 Å². The van der Waals surface area contributed by atoms with Crippen molar-refractivity contribution in [2.75, 3.05) is 7.11 Å². The largest absolute Gasteiger partial charge is 0.298 e. The number of pyridine rings is 1. The molecule has 0 spiro atoms. The van der Waals surface area contributed by atoms with Crippen molar-refractivity contribution in [3.8, 4) is 0 Å². The van der Waals surface area contributed by atoms with E-state index < -0.39 is 0 Å². The Morgan fingerprint density at radius 2 is 2.30 bits per heavy atom. The molecule has 0 aliphatic rings. The highest BCUT2D eigenvalue weighted by Gasteiger charge is 2.08. The van der Waals surface area contributed by atoms with Crippen molar-refractivity contribution in [2.45, 2.75) is 0 Å². The van der Waals surface area contributed by atoms with Crippen LogP contribution in [0.4, 0.5) is 4.39 Å².